The maximum atomic E-state index is 12.4. The highest BCUT2D eigenvalue weighted by Gasteiger charge is 2.24. The Kier molecular flexibility index (Phi) is 8.60. The molecule has 0 radical (unpaired) electrons. The van der Waals surface area contributed by atoms with E-state index in [2.05, 4.69) is 14.9 Å². The lowest BCUT2D eigenvalue weighted by molar-refractivity contribution is -0.121. The summed E-state index contributed by atoms with van der Waals surface area (Å²) in [6.07, 6.45) is 2.30. The van der Waals surface area contributed by atoms with Crippen LogP contribution >= 0.6 is 0 Å². The third-order valence-corrected chi connectivity index (χ3v) is 7.27. The summed E-state index contributed by atoms with van der Waals surface area (Å²) in [5, 5.41) is 2.95. The van der Waals surface area contributed by atoms with Gasteiger partial charge in [0, 0.05) is 25.1 Å². The lowest BCUT2D eigenvalue weighted by Crippen LogP contribution is -2.38. The smallest absolute Gasteiger partial charge is 0.240 e. The van der Waals surface area contributed by atoms with Crippen molar-refractivity contribution in [3.63, 3.8) is 0 Å². The molecule has 1 aliphatic heterocycles. The second kappa shape index (κ2) is 11.4. The number of likely N-dealkylation sites (tertiary alicyclic amines) is 1. The number of ketones is 1. The van der Waals surface area contributed by atoms with E-state index in [1.807, 2.05) is 24.3 Å². The molecule has 3 rings (SSSR count). The number of carbonyl (C=O) groups excluding carboxylic acids is 2. The zero-order valence-electron chi connectivity index (χ0n) is 19.0. The Morgan fingerprint density at radius 2 is 1.67 bits per heavy atom. The van der Waals surface area contributed by atoms with E-state index in [0.717, 1.165) is 37.2 Å². The second-order valence-corrected chi connectivity index (χ2v) is 9.83. The van der Waals surface area contributed by atoms with E-state index in [9.17, 15) is 18.0 Å². The molecule has 0 bridgehead atoms. The van der Waals surface area contributed by atoms with Gasteiger partial charge in [0.25, 0.3) is 0 Å². The molecule has 0 unspecified atom stereocenters. The zero-order valence-corrected chi connectivity index (χ0v) is 19.9. The van der Waals surface area contributed by atoms with Gasteiger partial charge in [0.15, 0.2) is 5.78 Å². The standard InChI is InChI=1S/C24H31N3O5S/c1-18(28)19-7-11-22(12-8-19)33(30,31)26-14-13-24(29)25-17-23(27-15-3-4-16-27)20-5-9-21(32-2)10-6-20/h5-12,23,26H,3-4,13-17H2,1-2H3,(H,25,29)/t23-/m1/s1. The summed E-state index contributed by atoms with van der Waals surface area (Å²) in [7, 11) is -2.13. The van der Waals surface area contributed by atoms with Crippen molar-refractivity contribution in [3.8, 4) is 5.75 Å². The number of hydrogen-bond acceptors (Lipinski definition) is 6. The molecule has 0 aromatic heterocycles. The minimum Gasteiger partial charge on any atom is -0.497 e. The topological polar surface area (TPSA) is 105 Å². The van der Waals surface area contributed by atoms with E-state index in [1.54, 1.807) is 7.11 Å². The average Bonchev–Trinajstić information content (AvgIpc) is 3.34. The van der Waals surface area contributed by atoms with E-state index in [-0.39, 0.29) is 35.6 Å². The third-order valence-electron chi connectivity index (χ3n) is 5.79. The van der Waals surface area contributed by atoms with Crippen molar-refractivity contribution < 1.29 is 22.7 Å². The number of rotatable bonds is 11. The van der Waals surface area contributed by atoms with Gasteiger partial charge in [-0.2, -0.15) is 0 Å². The lowest BCUT2D eigenvalue weighted by Gasteiger charge is -2.28. The summed E-state index contributed by atoms with van der Waals surface area (Å²) < 4.78 is 32.5. The first-order chi connectivity index (χ1) is 15.8. The summed E-state index contributed by atoms with van der Waals surface area (Å²) in [4.78, 5) is 26.2. The molecule has 2 aromatic carbocycles. The molecule has 2 N–H and O–H groups in total. The SMILES string of the molecule is COc1ccc([C@@H](CNC(=O)CCNS(=O)(=O)c2ccc(C(C)=O)cc2)N2CCCC2)cc1. The van der Waals surface area contributed by atoms with Crippen LogP contribution < -0.4 is 14.8 Å². The van der Waals surface area contributed by atoms with Crippen molar-refractivity contribution in [2.45, 2.75) is 37.1 Å². The summed E-state index contributed by atoms with van der Waals surface area (Å²) in [5.41, 5.74) is 1.55. The van der Waals surface area contributed by atoms with Crippen LogP contribution in [-0.2, 0) is 14.8 Å². The minimum atomic E-state index is -3.75. The number of hydrogen-bond donors (Lipinski definition) is 2. The van der Waals surface area contributed by atoms with Gasteiger partial charge < -0.3 is 10.1 Å². The molecule has 2 aromatic rings. The van der Waals surface area contributed by atoms with Crippen LogP contribution in [0.25, 0.3) is 0 Å². The van der Waals surface area contributed by atoms with E-state index in [4.69, 9.17) is 4.74 Å². The maximum absolute atomic E-state index is 12.4. The molecule has 1 saturated heterocycles. The number of nitrogens with zero attached hydrogens (tertiary/aromatic N) is 1. The summed E-state index contributed by atoms with van der Waals surface area (Å²) in [5.74, 6) is 0.430. The lowest BCUT2D eigenvalue weighted by atomic mass is 10.1. The van der Waals surface area contributed by atoms with Crippen LogP contribution in [0.15, 0.2) is 53.4 Å². The number of sulfonamides is 1. The van der Waals surface area contributed by atoms with Crippen LogP contribution in [0.4, 0.5) is 0 Å². The number of methoxy groups -OCH3 is 1. The molecule has 1 atom stereocenters. The van der Waals surface area contributed by atoms with Crippen LogP contribution in [0.3, 0.4) is 0 Å². The molecule has 33 heavy (non-hydrogen) atoms. The molecule has 1 aliphatic rings. The Morgan fingerprint density at radius 1 is 1.03 bits per heavy atom. The quantitative estimate of drug-likeness (QED) is 0.486. The Labute approximate surface area is 195 Å². The molecule has 8 nitrogen and oxygen atoms in total. The Hall–Kier alpha value is -2.75. The van der Waals surface area contributed by atoms with Gasteiger partial charge in [0.2, 0.25) is 15.9 Å². The van der Waals surface area contributed by atoms with Crippen LogP contribution in [0.1, 0.15) is 48.1 Å². The number of amides is 1. The van der Waals surface area contributed by atoms with Crippen molar-refractivity contribution in [1.29, 1.82) is 0 Å². The zero-order chi connectivity index (χ0) is 23.8. The van der Waals surface area contributed by atoms with Crippen LogP contribution in [0.5, 0.6) is 5.75 Å². The summed E-state index contributed by atoms with van der Waals surface area (Å²) in [6, 6.07) is 13.6. The predicted octanol–water partition coefficient (Wildman–Crippen LogP) is 2.52. The van der Waals surface area contributed by atoms with E-state index in [1.165, 1.54) is 31.2 Å². The minimum absolute atomic E-state index is 0.0143. The molecular formula is C24H31N3O5S. The fourth-order valence-electron chi connectivity index (χ4n) is 3.89. The number of Topliss-reactive ketones (excluding diaryl/α,β-unsaturated/α-hetero) is 1. The Balaban J connectivity index is 1.52. The molecular weight excluding hydrogens is 442 g/mol. The third kappa shape index (κ3) is 6.86. The number of carbonyl (C=O) groups is 2. The van der Waals surface area contributed by atoms with Gasteiger partial charge in [-0.05, 0) is 62.7 Å². The van der Waals surface area contributed by atoms with Crippen molar-refractivity contribution in [2.75, 3.05) is 33.3 Å². The molecule has 178 valence electrons. The van der Waals surface area contributed by atoms with E-state index in [0.29, 0.717) is 12.1 Å². The van der Waals surface area contributed by atoms with E-state index < -0.39 is 10.0 Å². The van der Waals surface area contributed by atoms with E-state index >= 15 is 0 Å². The summed E-state index contributed by atoms with van der Waals surface area (Å²) in [6.45, 7) is 3.82. The molecule has 1 amide bonds. The van der Waals surface area contributed by atoms with Crippen molar-refractivity contribution in [2.24, 2.45) is 0 Å². The highest BCUT2D eigenvalue weighted by atomic mass is 32.2. The van der Waals surface area contributed by atoms with Gasteiger partial charge in [-0.1, -0.05) is 24.3 Å². The van der Waals surface area contributed by atoms with Crippen LogP contribution in [0.2, 0.25) is 0 Å². The molecule has 0 saturated carbocycles. The highest BCUT2D eigenvalue weighted by molar-refractivity contribution is 7.89. The number of benzene rings is 2. The first kappa shape index (κ1) is 24.9. The number of ether oxygens (including phenoxy) is 1. The summed E-state index contributed by atoms with van der Waals surface area (Å²) >= 11 is 0. The first-order valence-electron chi connectivity index (χ1n) is 11.1. The van der Waals surface area contributed by atoms with Gasteiger partial charge >= 0.3 is 0 Å². The molecule has 1 fully saturated rings. The number of nitrogens with one attached hydrogen (secondary N) is 2. The molecule has 0 aliphatic carbocycles. The molecule has 0 spiro atoms. The molecule has 1 heterocycles. The van der Waals surface area contributed by atoms with Crippen molar-refractivity contribution >= 4 is 21.7 Å². The van der Waals surface area contributed by atoms with Gasteiger partial charge in [-0.3, -0.25) is 14.5 Å². The maximum Gasteiger partial charge on any atom is 0.240 e. The van der Waals surface area contributed by atoms with Gasteiger partial charge in [-0.15, -0.1) is 0 Å². The van der Waals surface area contributed by atoms with Gasteiger partial charge in [-0.25, -0.2) is 13.1 Å². The fourth-order valence-corrected chi connectivity index (χ4v) is 4.92. The van der Waals surface area contributed by atoms with Gasteiger partial charge in [0.05, 0.1) is 18.0 Å². The second-order valence-electron chi connectivity index (χ2n) is 8.06. The van der Waals surface area contributed by atoms with Crippen molar-refractivity contribution in [3.05, 3.63) is 59.7 Å². The normalized spacial score (nSPS) is 15.2. The Morgan fingerprint density at radius 3 is 2.24 bits per heavy atom. The van der Waals surface area contributed by atoms with Crippen LogP contribution in [0, 0.1) is 0 Å². The predicted molar refractivity (Wildman–Crippen MR) is 126 cm³/mol. The fraction of sp³-hybridized carbons (Fsp3) is 0.417. The van der Waals surface area contributed by atoms with Crippen LogP contribution in [-0.4, -0.2) is 58.3 Å². The average molecular weight is 474 g/mol. The highest BCUT2D eigenvalue weighted by Crippen LogP contribution is 2.26. The Bertz CT molecular complexity index is 1050. The monoisotopic (exact) mass is 473 g/mol. The first-order valence-corrected chi connectivity index (χ1v) is 12.5. The van der Waals surface area contributed by atoms with Gasteiger partial charge in [0.1, 0.15) is 5.75 Å². The largest absolute Gasteiger partial charge is 0.497 e. The van der Waals surface area contributed by atoms with Crippen molar-refractivity contribution in [1.82, 2.24) is 14.9 Å². The molecule has 9 heteroatoms.